The van der Waals surface area contributed by atoms with Gasteiger partial charge in [-0.3, -0.25) is 0 Å². The Morgan fingerprint density at radius 3 is 2.06 bits per heavy atom. The van der Waals surface area contributed by atoms with Crippen LogP contribution in [-0.4, -0.2) is 60.7 Å². The number of methoxy groups -OCH3 is 1. The molecular weight excluding hydrogens is 430 g/mol. The molecule has 0 saturated carbocycles. The Bertz CT molecular complexity index is 819. The van der Waals surface area contributed by atoms with Gasteiger partial charge >= 0.3 is 0 Å². The molecule has 33 heavy (non-hydrogen) atoms. The second-order valence-electron chi connectivity index (χ2n) is 11.1. The van der Waals surface area contributed by atoms with Crippen molar-refractivity contribution in [1.29, 1.82) is 0 Å². The third-order valence-corrected chi connectivity index (χ3v) is 7.31. The first kappa shape index (κ1) is 29.7. The fourth-order valence-corrected chi connectivity index (χ4v) is 4.69. The molecule has 3 rings (SSSR count). The molecule has 0 aromatic heterocycles. The number of hydrogen-bond acceptors (Lipinski definition) is 4. The van der Waals surface area contributed by atoms with Gasteiger partial charge in [-0.25, -0.2) is 4.99 Å². The van der Waals surface area contributed by atoms with Crippen molar-refractivity contribution in [2.24, 2.45) is 4.99 Å². The summed E-state index contributed by atoms with van der Waals surface area (Å²) in [4.78, 5) is 7.26. The largest absolute Gasteiger partial charge is 0.412 e. The quantitative estimate of drug-likeness (QED) is 0.467. The molecule has 1 aromatic carbocycles. The number of nitrogens with zero attached hydrogens (tertiary/aromatic N) is 2. The van der Waals surface area contributed by atoms with Gasteiger partial charge < -0.3 is 20.4 Å². The highest BCUT2D eigenvalue weighted by atomic mass is 32.2. The van der Waals surface area contributed by atoms with Gasteiger partial charge in [0.05, 0.1) is 11.3 Å². The summed E-state index contributed by atoms with van der Waals surface area (Å²) in [5.74, 6) is 0. The maximum atomic E-state index is 4.94. The molecular formula is C27H47N3O2S. The van der Waals surface area contributed by atoms with Gasteiger partial charge in [0.2, 0.25) is 0 Å². The van der Waals surface area contributed by atoms with Gasteiger partial charge in [0.25, 0.3) is 0 Å². The molecule has 1 saturated heterocycles. The van der Waals surface area contributed by atoms with Gasteiger partial charge in [-0.05, 0) is 73.5 Å². The molecule has 6 heteroatoms. The van der Waals surface area contributed by atoms with E-state index in [1.54, 1.807) is 18.9 Å². The zero-order chi connectivity index (χ0) is 24.2. The van der Waals surface area contributed by atoms with E-state index in [-0.39, 0.29) is 21.9 Å². The molecule has 3 N–H and O–H groups in total. The van der Waals surface area contributed by atoms with E-state index in [4.69, 9.17) is 9.73 Å². The number of nitrogens with one attached hydrogen (secondary N) is 1. The first-order valence-corrected chi connectivity index (χ1v) is 13.0. The monoisotopic (exact) mass is 477 g/mol. The average Bonchev–Trinajstić information content (AvgIpc) is 2.75. The van der Waals surface area contributed by atoms with Crippen molar-refractivity contribution in [1.82, 2.24) is 10.2 Å². The van der Waals surface area contributed by atoms with E-state index in [2.05, 4.69) is 68.9 Å². The van der Waals surface area contributed by atoms with E-state index < -0.39 is 0 Å². The molecule has 0 bridgehead atoms. The number of fused-ring (bicyclic) bond motifs is 1. The SMILES string of the molecule is C=C(N=C(SC)N1CCNCC1)c1ccc2c(c1)C(C)(C)CCC2(C)C.COC(C)(C)C.O. The Morgan fingerprint density at radius 1 is 1.06 bits per heavy atom. The zero-order valence-electron chi connectivity index (χ0n) is 22.4. The third-order valence-electron chi connectivity index (χ3n) is 6.60. The van der Waals surface area contributed by atoms with Crippen molar-refractivity contribution >= 4 is 22.6 Å². The molecule has 188 valence electrons. The fraction of sp³-hybridized carbons (Fsp3) is 0.667. The van der Waals surface area contributed by atoms with Gasteiger partial charge in [-0.15, -0.1) is 0 Å². The van der Waals surface area contributed by atoms with Gasteiger partial charge in [0.15, 0.2) is 5.17 Å². The molecule has 0 atom stereocenters. The lowest BCUT2D eigenvalue weighted by Crippen LogP contribution is -2.45. The number of ether oxygens (including phenoxy) is 1. The lowest BCUT2D eigenvalue weighted by molar-refractivity contribution is 0.0397. The van der Waals surface area contributed by atoms with Crippen molar-refractivity contribution in [3.63, 3.8) is 0 Å². The molecule has 1 heterocycles. The molecule has 0 radical (unpaired) electrons. The summed E-state index contributed by atoms with van der Waals surface area (Å²) in [5.41, 5.74) is 5.48. The summed E-state index contributed by atoms with van der Waals surface area (Å²) in [7, 11) is 1.71. The highest BCUT2D eigenvalue weighted by molar-refractivity contribution is 8.13. The molecule has 0 spiro atoms. The Balaban J connectivity index is 0.000000691. The summed E-state index contributed by atoms with van der Waals surface area (Å²) < 4.78 is 4.94. The summed E-state index contributed by atoms with van der Waals surface area (Å²) in [5, 5.41) is 4.48. The first-order chi connectivity index (χ1) is 14.8. The fourth-order valence-electron chi connectivity index (χ4n) is 4.05. The molecule has 2 aliphatic rings. The molecule has 0 amide bonds. The second kappa shape index (κ2) is 11.9. The lowest BCUT2D eigenvalue weighted by atomic mass is 9.63. The van der Waals surface area contributed by atoms with Crippen LogP contribution in [0.4, 0.5) is 0 Å². The summed E-state index contributed by atoms with van der Waals surface area (Å²) >= 11 is 1.72. The van der Waals surface area contributed by atoms with Crippen molar-refractivity contribution in [2.75, 3.05) is 39.5 Å². The minimum absolute atomic E-state index is 0. The maximum Gasteiger partial charge on any atom is 0.164 e. The van der Waals surface area contributed by atoms with Crippen LogP contribution in [0, 0.1) is 0 Å². The van der Waals surface area contributed by atoms with E-state index in [0.29, 0.717) is 0 Å². The van der Waals surface area contributed by atoms with E-state index in [1.165, 1.54) is 24.0 Å². The highest BCUT2D eigenvalue weighted by Crippen LogP contribution is 2.46. The van der Waals surface area contributed by atoms with Crippen molar-refractivity contribution < 1.29 is 10.2 Å². The Labute approximate surface area is 206 Å². The Morgan fingerprint density at radius 2 is 1.58 bits per heavy atom. The first-order valence-electron chi connectivity index (χ1n) is 11.8. The van der Waals surface area contributed by atoms with Crippen LogP contribution in [0.25, 0.3) is 5.70 Å². The number of piperazine rings is 1. The van der Waals surface area contributed by atoms with Crippen LogP contribution in [-0.2, 0) is 15.6 Å². The zero-order valence-corrected chi connectivity index (χ0v) is 23.2. The molecule has 5 nitrogen and oxygen atoms in total. The Kier molecular flexibility index (Phi) is 10.7. The van der Waals surface area contributed by atoms with Gasteiger partial charge in [0.1, 0.15) is 0 Å². The van der Waals surface area contributed by atoms with E-state index >= 15 is 0 Å². The van der Waals surface area contributed by atoms with Crippen LogP contribution in [0.5, 0.6) is 0 Å². The number of benzene rings is 1. The standard InChI is InChI=1S/C22H33N3S.C5H12O.H2O/c1-16(24-20(26-6)25-13-11-23-12-14-25)17-7-8-18-19(15-17)22(4,5)10-9-21(18,2)3;1-5(2,3)6-4;/h7-8,15,23H,1,9-14H2,2-6H3;1-4H3;1H2. The average molecular weight is 478 g/mol. The molecule has 1 fully saturated rings. The smallest absolute Gasteiger partial charge is 0.164 e. The molecule has 1 aliphatic heterocycles. The van der Waals surface area contributed by atoms with Crippen LogP contribution in [0.1, 0.15) is 78.0 Å². The highest BCUT2D eigenvalue weighted by Gasteiger charge is 2.37. The predicted octanol–water partition coefficient (Wildman–Crippen LogP) is 5.24. The van der Waals surface area contributed by atoms with Crippen molar-refractivity contribution in [3.05, 3.63) is 41.5 Å². The number of rotatable bonds is 2. The number of hydrogen-bond donors (Lipinski definition) is 1. The van der Waals surface area contributed by atoms with Crippen molar-refractivity contribution in [2.45, 2.75) is 77.7 Å². The summed E-state index contributed by atoms with van der Waals surface area (Å²) in [6, 6.07) is 6.87. The normalized spacial score (nSPS) is 19.5. The van der Waals surface area contributed by atoms with Crippen LogP contribution in [0.3, 0.4) is 0 Å². The topological polar surface area (TPSA) is 68.4 Å². The van der Waals surface area contributed by atoms with Gasteiger partial charge in [0, 0.05) is 33.3 Å². The minimum Gasteiger partial charge on any atom is -0.412 e. The summed E-state index contributed by atoms with van der Waals surface area (Å²) in [6.45, 7) is 23.9. The summed E-state index contributed by atoms with van der Waals surface area (Å²) in [6.07, 6.45) is 4.57. The second-order valence-corrected chi connectivity index (χ2v) is 11.9. The van der Waals surface area contributed by atoms with Crippen LogP contribution in [0.15, 0.2) is 29.8 Å². The number of thioether (sulfide) groups is 1. The van der Waals surface area contributed by atoms with E-state index in [9.17, 15) is 0 Å². The maximum absolute atomic E-state index is 4.94. The lowest BCUT2D eigenvalue weighted by Gasteiger charge is -2.42. The van der Waals surface area contributed by atoms with Crippen LogP contribution >= 0.6 is 11.8 Å². The van der Waals surface area contributed by atoms with E-state index in [1.807, 2.05) is 20.8 Å². The minimum atomic E-state index is 0. The van der Waals surface area contributed by atoms with Crippen molar-refractivity contribution in [3.8, 4) is 0 Å². The predicted molar refractivity (Wildman–Crippen MR) is 147 cm³/mol. The molecule has 0 unspecified atom stereocenters. The number of amidine groups is 1. The van der Waals surface area contributed by atoms with Crippen LogP contribution < -0.4 is 5.32 Å². The molecule has 1 aliphatic carbocycles. The Hall–Kier alpha value is -1.34. The van der Waals surface area contributed by atoms with Gasteiger partial charge in [-0.2, -0.15) is 0 Å². The third kappa shape index (κ3) is 8.13. The number of aliphatic imine (C=N–C) groups is 1. The molecule has 1 aromatic rings. The van der Waals surface area contributed by atoms with Crippen LogP contribution in [0.2, 0.25) is 0 Å². The van der Waals surface area contributed by atoms with Gasteiger partial charge in [-0.1, -0.05) is 58.2 Å². The van der Waals surface area contributed by atoms with E-state index in [0.717, 1.165) is 42.6 Å².